The van der Waals surface area contributed by atoms with Crippen LogP contribution < -0.4 is 11.2 Å². The minimum atomic E-state index is -2.69. The molecule has 1 fully saturated rings. The average Bonchev–Trinajstić information content (AvgIpc) is 2.75. The SMILES string of the molecule is CCC(=O)[C@@]1(n2ccc(=O)[nH]c2=O)O[C@H](CO)[C@@H](OC(C)=O)[C@@]1(C)F. The van der Waals surface area contributed by atoms with E-state index in [4.69, 9.17) is 9.47 Å². The van der Waals surface area contributed by atoms with Crippen LogP contribution in [0.25, 0.3) is 0 Å². The van der Waals surface area contributed by atoms with Gasteiger partial charge in [-0.3, -0.25) is 23.9 Å². The number of ketones is 1. The minimum absolute atomic E-state index is 0.212. The van der Waals surface area contributed by atoms with Crippen molar-refractivity contribution >= 4 is 11.8 Å². The van der Waals surface area contributed by atoms with Gasteiger partial charge in [0.1, 0.15) is 6.10 Å². The summed E-state index contributed by atoms with van der Waals surface area (Å²) in [4.78, 5) is 49.4. The molecule has 9 nitrogen and oxygen atoms in total. The second-order valence-electron chi connectivity index (χ2n) is 5.85. The quantitative estimate of drug-likeness (QED) is 0.661. The van der Waals surface area contributed by atoms with Crippen LogP contribution in [0, 0.1) is 0 Å². The van der Waals surface area contributed by atoms with Crippen molar-refractivity contribution in [2.45, 2.75) is 50.8 Å². The van der Waals surface area contributed by atoms with E-state index in [1.807, 2.05) is 4.98 Å². The maximum Gasteiger partial charge on any atom is 0.331 e. The molecule has 2 heterocycles. The van der Waals surface area contributed by atoms with Crippen LogP contribution >= 0.6 is 0 Å². The molecule has 2 rings (SSSR count). The molecule has 0 aliphatic carbocycles. The van der Waals surface area contributed by atoms with E-state index in [1.165, 1.54) is 6.92 Å². The van der Waals surface area contributed by atoms with E-state index >= 15 is 4.39 Å². The monoisotopic (exact) mass is 358 g/mol. The van der Waals surface area contributed by atoms with E-state index in [2.05, 4.69) is 0 Å². The summed E-state index contributed by atoms with van der Waals surface area (Å²) in [6.07, 6.45) is -2.30. The molecule has 0 radical (unpaired) electrons. The maximum atomic E-state index is 15.8. The van der Waals surface area contributed by atoms with Crippen LogP contribution in [0.4, 0.5) is 4.39 Å². The van der Waals surface area contributed by atoms with Crippen LogP contribution in [-0.2, 0) is 24.8 Å². The topological polar surface area (TPSA) is 128 Å². The van der Waals surface area contributed by atoms with Gasteiger partial charge in [0.15, 0.2) is 11.9 Å². The molecule has 1 aromatic rings. The zero-order valence-electron chi connectivity index (χ0n) is 13.9. The highest BCUT2D eigenvalue weighted by atomic mass is 19.1. The smallest absolute Gasteiger partial charge is 0.331 e. The Labute approximate surface area is 141 Å². The van der Waals surface area contributed by atoms with Crippen molar-refractivity contribution in [2.75, 3.05) is 6.61 Å². The largest absolute Gasteiger partial charge is 0.456 e. The third kappa shape index (κ3) is 2.81. The molecular weight excluding hydrogens is 339 g/mol. The van der Waals surface area contributed by atoms with Gasteiger partial charge < -0.3 is 14.6 Å². The second kappa shape index (κ2) is 6.52. The van der Waals surface area contributed by atoms with Gasteiger partial charge in [-0.05, 0) is 6.92 Å². The van der Waals surface area contributed by atoms with Crippen LogP contribution in [0.5, 0.6) is 0 Å². The van der Waals surface area contributed by atoms with E-state index in [-0.39, 0.29) is 6.42 Å². The van der Waals surface area contributed by atoms with Crippen LogP contribution in [0.15, 0.2) is 21.9 Å². The lowest BCUT2D eigenvalue weighted by atomic mass is 9.85. The van der Waals surface area contributed by atoms with E-state index in [0.717, 1.165) is 26.1 Å². The first-order chi connectivity index (χ1) is 11.6. The third-order valence-corrected chi connectivity index (χ3v) is 4.19. The Morgan fingerprint density at radius 3 is 2.60 bits per heavy atom. The number of alkyl halides is 1. The summed E-state index contributed by atoms with van der Waals surface area (Å²) in [5.41, 5.74) is -7.01. The summed E-state index contributed by atoms with van der Waals surface area (Å²) >= 11 is 0. The Kier molecular flexibility index (Phi) is 4.96. The van der Waals surface area contributed by atoms with Crippen molar-refractivity contribution in [2.24, 2.45) is 0 Å². The first-order valence-corrected chi connectivity index (χ1v) is 7.62. The van der Waals surface area contributed by atoms with Gasteiger partial charge in [0.25, 0.3) is 5.56 Å². The molecule has 4 atom stereocenters. The van der Waals surface area contributed by atoms with Crippen LogP contribution in [0.1, 0.15) is 27.2 Å². The number of aromatic amines is 1. The first-order valence-electron chi connectivity index (χ1n) is 7.62. The number of nitrogens with one attached hydrogen (secondary N) is 1. The van der Waals surface area contributed by atoms with Crippen molar-refractivity contribution in [1.82, 2.24) is 9.55 Å². The van der Waals surface area contributed by atoms with Gasteiger partial charge in [-0.25, -0.2) is 9.18 Å². The molecule has 2 N–H and O–H groups in total. The Bertz CT molecular complexity index is 800. The Hall–Kier alpha value is -2.33. The summed E-state index contributed by atoms with van der Waals surface area (Å²) in [6.45, 7) is 2.67. The zero-order chi connectivity index (χ0) is 19.0. The number of hydrogen-bond donors (Lipinski definition) is 2. The fourth-order valence-electron chi connectivity index (χ4n) is 3.11. The normalized spacial score (nSPS) is 31.7. The lowest BCUT2D eigenvalue weighted by molar-refractivity contribution is -0.183. The lowest BCUT2D eigenvalue weighted by Crippen LogP contribution is -2.61. The molecule has 0 spiro atoms. The fraction of sp³-hybridized carbons (Fsp3) is 0.600. The number of rotatable bonds is 5. The van der Waals surface area contributed by atoms with E-state index in [0.29, 0.717) is 4.57 Å². The number of carbonyl (C=O) groups is 2. The molecule has 1 saturated heterocycles. The summed E-state index contributed by atoms with van der Waals surface area (Å²) < 4.78 is 26.8. The van der Waals surface area contributed by atoms with Crippen molar-refractivity contribution in [3.8, 4) is 0 Å². The number of halogens is 1. The summed E-state index contributed by atoms with van der Waals surface area (Å²) in [5.74, 6) is -1.66. The highest BCUT2D eigenvalue weighted by molar-refractivity contribution is 5.87. The van der Waals surface area contributed by atoms with Gasteiger partial charge in [0, 0.05) is 25.6 Å². The Morgan fingerprint density at radius 1 is 1.48 bits per heavy atom. The van der Waals surface area contributed by atoms with Gasteiger partial charge in [0.2, 0.25) is 11.4 Å². The third-order valence-electron chi connectivity index (χ3n) is 4.19. The molecule has 138 valence electrons. The fourth-order valence-corrected chi connectivity index (χ4v) is 3.11. The number of esters is 1. The van der Waals surface area contributed by atoms with Crippen LogP contribution in [0.2, 0.25) is 0 Å². The predicted molar refractivity (Wildman–Crippen MR) is 81.6 cm³/mol. The number of nitrogens with zero attached hydrogens (tertiary/aromatic N) is 1. The molecule has 0 saturated carbocycles. The highest BCUT2D eigenvalue weighted by Crippen LogP contribution is 2.48. The van der Waals surface area contributed by atoms with Crippen molar-refractivity contribution in [3.63, 3.8) is 0 Å². The maximum absolute atomic E-state index is 15.8. The van der Waals surface area contributed by atoms with Gasteiger partial charge in [-0.15, -0.1) is 0 Å². The van der Waals surface area contributed by atoms with E-state index < -0.39 is 53.2 Å². The zero-order valence-corrected chi connectivity index (χ0v) is 13.9. The molecule has 0 unspecified atom stereocenters. The molecule has 1 aliphatic rings. The standard InChI is InChI=1S/C15H19FN2O7/c1-4-10(21)15(18-6-5-11(22)17-13(18)23)14(3,16)12(24-8(2)20)9(7-19)25-15/h5-6,9,12,19H,4,7H2,1-3H3,(H,17,22,23)/t9-,12-,14-,15-/m1/s1. The first kappa shape index (κ1) is 19.0. The van der Waals surface area contributed by atoms with Gasteiger partial charge in [0.05, 0.1) is 6.61 Å². The minimum Gasteiger partial charge on any atom is -0.456 e. The molecule has 25 heavy (non-hydrogen) atoms. The molecule has 1 aromatic heterocycles. The number of carbonyl (C=O) groups excluding carboxylic acids is 2. The number of ether oxygens (including phenoxy) is 2. The molecule has 1 aliphatic heterocycles. The second-order valence-corrected chi connectivity index (χ2v) is 5.85. The van der Waals surface area contributed by atoms with Gasteiger partial charge in [-0.2, -0.15) is 0 Å². The Morgan fingerprint density at radius 2 is 2.12 bits per heavy atom. The Balaban J connectivity index is 2.76. The molecule has 10 heteroatoms. The van der Waals surface area contributed by atoms with Crippen LogP contribution in [0.3, 0.4) is 0 Å². The van der Waals surface area contributed by atoms with Crippen molar-refractivity contribution in [3.05, 3.63) is 33.1 Å². The molecule has 0 aromatic carbocycles. The lowest BCUT2D eigenvalue weighted by Gasteiger charge is -2.37. The molecular formula is C15H19FN2O7. The average molecular weight is 358 g/mol. The number of hydrogen-bond acceptors (Lipinski definition) is 7. The molecule has 0 bridgehead atoms. The predicted octanol–water partition coefficient (Wildman–Crippen LogP) is -0.780. The summed E-state index contributed by atoms with van der Waals surface area (Å²) in [6, 6.07) is 0.929. The number of aliphatic hydroxyl groups excluding tert-OH is 1. The van der Waals surface area contributed by atoms with Crippen LogP contribution in [-0.4, -0.2) is 50.9 Å². The van der Waals surface area contributed by atoms with Crippen molar-refractivity contribution in [1.29, 1.82) is 0 Å². The van der Waals surface area contributed by atoms with Gasteiger partial charge >= 0.3 is 11.7 Å². The molecule has 0 amide bonds. The van der Waals surface area contributed by atoms with Crippen molar-refractivity contribution < 1.29 is 28.6 Å². The van der Waals surface area contributed by atoms with E-state index in [1.54, 1.807) is 0 Å². The summed E-state index contributed by atoms with van der Waals surface area (Å²) in [7, 11) is 0. The summed E-state index contributed by atoms with van der Waals surface area (Å²) in [5, 5.41) is 9.49. The number of aromatic nitrogens is 2. The van der Waals surface area contributed by atoms with Gasteiger partial charge in [-0.1, -0.05) is 6.92 Å². The van der Waals surface area contributed by atoms with E-state index in [9.17, 15) is 24.3 Å². The number of aliphatic hydroxyl groups is 1. The number of Topliss-reactive ketones (excluding diaryl/α,β-unsaturated/α-hetero) is 1. The number of H-pyrrole nitrogens is 1. The highest BCUT2D eigenvalue weighted by Gasteiger charge is 2.70.